The highest BCUT2D eigenvalue weighted by atomic mass is 16.3. The van der Waals surface area contributed by atoms with Gasteiger partial charge < -0.3 is 10.2 Å². The molecule has 4 unspecified atom stereocenters. The standard InChI is InChI=1S/C15H26O2/c1-10-6-7-11-12(13(10)16)14(2,3)8-5-9-15(11,4)17/h6,11-13,16-17H,5,7-9H2,1-4H3. The van der Waals surface area contributed by atoms with E-state index in [1.54, 1.807) is 0 Å². The summed E-state index contributed by atoms with van der Waals surface area (Å²) in [4.78, 5) is 0. The van der Waals surface area contributed by atoms with Gasteiger partial charge in [0.05, 0.1) is 11.7 Å². The van der Waals surface area contributed by atoms with Crippen molar-refractivity contribution >= 4 is 0 Å². The molecule has 2 heteroatoms. The third kappa shape index (κ3) is 2.17. The summed E-state index contributed by atoms with van der Waals surface area (Å²) in [6, 6.07) is 0. The van der Waals surface area contributed by atoms with Gasteiger partial charge in [-0.1, -0.05) is 26.3 Å². The first kappa shape index (κ1) is 13.1. The van der Waals surface area contributed by atoms with Crippen LogP contribution >= 0.6 is 0 Å². The Balaban J connectivity index is 2.42. The molecule has 0 aromatic rings. The largest absolute Gasteiger partial charge is 0.390 e. The molecule has 0 saturated heterocycles. The van der Waals surface area contributed by atoms with E-state index >= 15 is 0 Å². The van der Waals surface area contributed by atoms with Crippen molar-refractivity contribution in [3.63, 3.8) is 0 Å². The first-order chi connectivity index (χ1) is 7.76. The normalized spacial score (nSPS) is 45.8. The fraction of sp³-hybridized carbons (Fsp3) is 0.867. The summed E-state index contributed by atoms with van der Waals surface area (Å²) in [7, 11) is 0. The number of aliphatic hydroxyl groups is 2. The molecule has 0 bridgehead atoms. The molecule has 98 valence electrons. The number of rotatable bonds is 0. The maximum Gasteiger partial charge on any atom is 0.0784 e. The summed E-state index contributed by atoms with van der Waals surface area (Å²) in [6.07, 6.45) is 5.64. The zero-order valence-electron chi connectivity index (χ0n) is 11.5. The van der Waals surface area contributed by atoms with E-state index in [0.29, 0.717) is 0 Å². The molecule has 0 heterocycles. The third-order valence-electron chi connectivity index (χ3n) is 5.14. The molecule has 0 amide bonds. The molecule has 2 nitrogen and oxygen atoms in total. The monoisotopic (exact) mass is 238 g/mol. The Labute approximate surface area is 105 Å². The van der Waals surface area contributed by atoms with Crippen LogP contribution in [0.4, 0.5) is 0 Å². The van der Waals surface area contributed by atoms with Gasteiger partial charge in [0.1, 0.15) is 0 Å². The van der Waals surface area contributed by atoms with Crippen LogP contribution < -0.4 is 0 Å². The van der Waals surface area contributed by atoms with Crippen molar-refractivity contribution in [2.75, 3.05) is 0 Å². The fourth-order valence-corrected chi connectivity index (χ4v) is 3.95. The van der Waals surface area contributed by atoms with Crippen LogP contribution in [0.3, 0.4) is 0 Å². The topological polar surface area (TPSA) is 40.5 Å². The molecule has 2 aliphatic carbocycles. The lowest BCUT2D eigenvalue weighted by molar-refractivity contribution is -0.0797. The number of fused-ring (bicyclic) bond motifs is 1. The van der Waals surface area contributed by atoms with Gasteiger partial charge in [0, 0.05) is 0 Å². The molecule has 2 aliphatic rings. The zero-order valence-corrected chi connectivity index (χ0v) is 11.5. The van der Waals surface area contributed by atoms with E-state index < -0.39 is 5.60 Å². The van der Waals surface area contributed by atoms with Gasteiger partial charge in [0.2, 0.25) is 0 Å². The van der Waals surface area contributed by atoms with Crippen LogP contribution in [0.1, 0.15) is 53.4 Å². The van der Waals surface area contributed by atoms with E-state index in [4.69, 9.17) is 0 Å². The molecule has 1 saturated carbocycles. The van der Waals surface area contributed by atoms with Crippen LogP contribution in [0.15, 0.2) is 11.6 Å². The summed E-state index contributed by atoms with van der Waals surface area (Å²) >= 11 is 0. The first-order valence-electron chi connectivity index (χ1n) is 6.83. The van der Waals surface area contributed by atoms with E-state index in [-0.39, 0.29) is 23.4 Å². The van der Waals surface area contributed by atoms with Crippen molar-refractivity contribution in [1.82, 2.24) is 0 Å². The predicted octanol–water partition coefficient (Wildman–Crippen LogP) is 2.89. The number of allylic oxidation sites excluding steroid dienone is 1. The Bertz CT molecular complexity index is 328. The lowest BCUT2D eigenvalue weighted by Gasteiger charge is -2.47. The Morgan fingerprint density at radius 3 is 2.53 bits per heavy atom. The Morgan fingerprint density at radius 1 is 1.24 bits per heavy atom. The first-order valence-corrected chi connectivity index (χ1v) is 6.83. The van der Waals surface area contributed by atoms with Gasteiger partial charge in [0.25, 0.3) is 0 Å². The van der Waals surface area contributed by atoms with E-state index in [1.807, 2.05) is 13.8 Å². The minimum atomic E-state index is -0.628. The minimum Gasteiger partial charge on any atom is -0.390 e. The summed E-state index contributed by atoms with van der Waals surface area (Å²) in [6.45, 7) is 8.45. The fourth-order valence-electron chi connectivity index (χ4n) is 3.95. The predicted molar refractivity (Wildman–Crippen MR) is 69.6 cm³/mol. The molecule has 2 rings (SSSR count). The molecule has 0 aromatic heterocycles. The van der Waals surface area contributed by atoms with E-state index in [1.165, 1.54) is 0 Å². The maximum atomic E-state index is 10.6. The van der Waals surface area contributed by atoms with Crippen molar-refractivity contribution < 1.29 is 10.2 Å². The maximum absolute atomic E-state index is 10.6. The van der Waals surface area contributed by atoms with Gasteiger partial charge in [-0.25, -0.2) is 0 Å². The van der Waals surface area contributed by atoms with Crippen LogP contribution in [-0.2, 0) is 0 Å². The summed E-state index contributed by atoms with van der Waals surface area (Å²) in [5.74, 6) is 0.378. The van der Waals surface area contributed by atoms with Gasteiger partial charge in [0.15, 0.2) is 0 Å². The molecule has 2 N–H and O–H groups in total. The smallest absolute Gasteiger partial charge is 0.0784 e. The van der Waals surface area contributed by atoms with Crippen molar-refractivity contribution in [2.45, 2.75) is 65.1 Å². The van der Waals surface area contributed by atoms with Crippen LogP contribution in [0, 0.1) is 17.3 Å². The lowest BCUT2D eigenvalue weighted by Crippen LogP contribution is -2.49. The van der Waals surface area contributed by atoms with Crippen molar-refractivity contribution in [2.24, 2.45) is 17.3 Å². The van der Waals surface area contributed by atoms with Crippen molar-refractivity contribution in [3.05, 3.63) is 11.6 Å². The van der Waals surface area contributed by atoms with Crippen LogP contribution in [0.5, 0.6) is 0 Å². The molecule has 0 aromatic carbocycles. The Hall–Kier alpha value is -0.340. The highest BCUT2D eigenvalue weighted by Crippen LogP contribution is 2.52. The molecule has 0 spiro atoms. The molecule has 4 atom stereocenters. The lowest BCUT2D eigenvalue weighted by atomic mass is 9.61. The molecular formula is C15H26O2. The average Bonchev–Trinajstić information content (AvgIpc) is 2.28. The highest BCUT2D eigenvalue weighted by Gasteiger charge is 2.50. The minimum absolute atomic E-state index is 0.111. The number of aliphatic hydroxyl groups excluding tert-OH is 1. The SMILES string of the molecule is CC1=CCC2C(C1O)C(C)(C)CCCC2(C)O. The summed E-state index contributed by atoms with van der Waals surface area (Å²) < 4.78 is 0. The second-order valence-corrected chi connectivity index (χ2v) is 6.96. The molecule has 1 fully saturated rings. The third-order valence-corrected chi connectivity index (χ3v) is 5.14. The molecule has 0 aliphatic heterocycles. The van der Waals surface area contributed by atoms with Crippen molar-refractivity contribution in [3.8, 4) is 0 Å². The van der Waals surface area contributed by atoms with Crippen LogP contribution in [0.25, 0.3) is 0 Å². The highest BCUT2D eigenvalue weighted by molar-refractivity contribution is 5.17. The van der Waals surface area contributed by atoms with Gasteiger partial charge in [-0.15, -0.1) is 0 Å². The second-order valence-electron chi connectivity index (χ2n) is 6.96. The Morgan fingerprint density at radius 2 is 1.88 bits per heavy atom. The summed E-state index contributed by atoms with van der Waals surface area (Å²) in [5, 5.41) is 21.1. The average molecular weight is 238 g/mol. The number of hydrogen-bond donors (Lipinski definition) is 2. The van der Waals surface area contributed by atoms with Gasteiger partial charge >= 0.3 is 0 Å². The van der Waals surface area contributed by atoms with Gasteiger partial charge in [-0.2, -0.15) is 0 Å². The van der Waals surface area contributed by atoms with E-state index in [0.717, 1.165) is 31.3 Å². The van der Waals surface area contributed by atoms with Gasteiger partial charge in [-0.3, -0.25) is 0 Å². The van der Waals surface area contributed by atoms with E-state index in [9.17, 15) is 10.2 Å². The Kier molecular flexibility index (Phi) is 3.16. The van der Waals surface area contributed by atoms with Crippen molar-refractivity contribution in [1.29, 1.82) is 0 Å². The number of hydrogen-bond acceptors (Lipinski definition) is 2. The van der Waals surface area contributed by atoms with Crippen LogP contribution in [0.2, 0.25) is 0 Å². The summed E-state index contributed by atoms with van der Waals surface area (Å²) in [5.41, 5.74) is 0.563. The zero-order chi connectivity index (χ0) is 12.8. The second kappa shape index (κ2) is 4.10. The molecular weight excluding hydrogens is 212 g/mol. The van der Waals surface area contributed by atoms with Gasteiger partial charge in [-0.05, 0) is 55.9 Å². The molecule has 17 heavy (non-hydrogen) atoms. The van der Waals surface area contributed by atoms with Crippen LogP contribution in [-0.4, -0.2) is 21.9 Å². The molecule has 0 radical (unpaired) electrons. The van der Waals surface area contributed by atoms with E-state index in [2.05, 4.69) is 19.9 Å². The quantitative estimate of drug-likeness (QED) is 0.637.